The number of aromatic nitrogens is 1. The number of rotatable bonds is 3. The van der Waals surface area contributed by atoms with Gasteiger partial charge >= 0.3 is 5.91 Å². The van der Waals surface area contributed by atoms with Crippen molar-refractivity contribution in [1.82, 2.24) is 4.98 Å². The predicted molar refractivity (Wildman–Crippen MR) is 117 cm³/mol. The minimum Gasteiger partial charge on any atom is -0.507 e. The Morgan fingerprint density at radius 2 is 1.50 bits per heavy atom. The molecule has 4 aromatic rings. The molecule has 0 saturated carbocycles. The maximum absolute atomic E-state index is 13.1. The van der Waals surface area contributed by atoms with Crippen molar-refractivity contribution >= 4 is 44.1 Å². The summed E-state index contributed by atoms with van der Waals surface area (Å²) < 4.78 is 0.921. The predicted octanol–water partition coefficient (Wildman–Crippen LogP) is 4.92. The molecule has 1 aromatic heterocycles. The molecule has 146 valence electrons. The fraction of sp³-hybridized carbons (Fsp3) is 0.0417. The van der Waals surface area contributed by atoms with Crippen LogP contribution in [0.4, 0.5) is 5.13 Å². The van der Waals surface area contributed by atoms with Gasteiger partial charge in [-0.3, -0.25) is 14.5 Å². The average molecular weight is 412 g/mol. The molecular formula is C24H16N2O3S. The molecule has 0 aliphatic carbocycles. The third kappa shape index (κ3) is 2.89. The summed E-state index contributed by atoms with van der Waals surface area (Å²) in [5, 5.41) is 11.4. The highest BCUT2D eigenvalue weighted by atomic mass is 32.1. The third-order valence-electron chi connectivity index (χ3n) is 5.10. The van der Waals surface area contributed by atoms with Crippen molar-refractivity contribution in [3.63, 3.8) is 0 Å². The molecule has 1 aliphatic rings. The van der Waals surface area contributed by atoms with Crippen LogP contribution in [0.5, 0.6) is 0 Å². The number of hydrogen-bond acceptors (Lipinski definition) is 5. The maximum atomic E-state index is 13.1. The van der Waals surface area contributed by atoms with Gasteiger partial charge in [-0.1, -0.05) is 84.1 Å². The van der Waals surface area contributed by atoms with Crippen molar-refractivity contribution in [2.75, 3.05) is 4.90 Å². The first-order valence-corrected chi connectivity index (χ1v) is 10.2. The SMILES string of the molecule is O=C1C(=O)N(c2nc3ccccc3s2)C(c2ccccc2)/C1=C(/O)c1ccccc1. The lowest BCUT2D eigenvalue weighted by molar-refractivity contribution is -0.132. The molecule has 6 heteroatoms. The van der Waals surface area contributed by atoms with E-state index in [0.29, 0.717) is 10.7 Å². The number of carbonyl (C=O) groups is 2. The van der Waals surface area contributed by atoms with E-state index >= 15 is 0 Å². The minimum absolute atomic E-state index is 0.0663. The summed E-state index contributed by atoms with van der Waals surface area (Å²) in [4.78, 5) is 32.2. The Morgan fingerprint density at radius 1 is 0.867 bits per heavy atom. The molecule has 1 fully saturated rings. The van der Waals surface area contributed by atoms with Crippen LogP contribution in [0.3, 0.4) is 0 Å². The number of amides is 1. The lowest BCUT2D eigenvalue weighted by Gasteiger charge is -2.22. The highest BCUT2D eigenvalue weighted by molar-refractivity contribution is 7.22. The van der Waals surface area contributed by atoms with Crippen molar-refractivity contribution < 1.29 is 14.7 Å². The van der Waals surface area contributed by atoms with Gasteiger partial charge in [0.15, 0.2) is 5.13 Å². The fourth-order valence-corrected chi connectivity index (χ4v) is 4.69. The van der Waals surface area contributed by atoms with Gasteiger partial charge in [-0.05, 0) is 17.7 Å². The monoisotopic (exact) mass is 412 g/mol. The van der Waals surface area contributed by atoms with E-state index in [-0.39, 0.29) is 11.3 Å². The molecule has 2 heterocycles. The quantitative estimate of drug-likeness (QED) is 0.294. The normalized spacial score (nSPS) is 18.3. The Balaban J connectivity index is 1.74. The minimum atomic E-state index is -0.757. The van der Waals surface area contributed by atoms with E-state index in [2.05, 4.69) is 4.98 Å². The van der Waals surface area contributed by atoms with E-state index in [1.807, 2.05) is 60.7 Å². The van der Waals surface area contributed by atoms with Crippen LogP contribution in [0.1, 0.15) is 17.2 Å². The Hall–Kier alpha value is -3.77. The van der Waals surface area contributed by atoms with Gasteiger partial charge in [0.05, 0.1) is 21.8 Å². The molecule has 1 N–H and O–H groups in total. The summed E-state index contributed by atoms with van der Waals surface area (Å²) >= 11 is 1.35. The summed E-state index contributed by atoms with van der Waals surface area (Å²) in [5.41, 5.74) is 2.04. The average Bonchev–Trinajstić information content (AvgIpc) is 3.33. The molecule has 1 aliphatic heterocycles. The lowest BCUT2D eigenvalue weighted by Crippen LogP contribution is -2.29. The second-order valence-corrected chi connectivity index (χ2v) is 7.92. The Labute approximate surface area is 176 Å². The van der Waals surface area contributed by atoms with Gasteiger partial charge in [0.1, 0.15) is 5.76 Å². The summed E-state index contributed by atoms with van der Waals surface area (Å²) in [6, 6.07) is 24.9. The Morgan fingerprint density at radius 3 is 2.20 bits per heavy atom. The van der Waals surface area contributed by atoms with Crippen molar-refractivity contribution in [3.05, 3.63) is 102 Å². The third-order valence-corrected chi connectivity index (χ3v) is 6.13. The van der Waals surface area contributed by atoms with Crippen molar-refractivity contribution in [2.24, 2.45) is 0 Å². The van der Waals surface area contributed by atoms with Crippen LogP contribution >= 0.6 is 11.3 Å². The van der Waals surface area contributed by atoms with Crippen molar-refractivity contribution in [2.45, 2.75) is 6.04 Å². The smallest absolute Gasteiger partial charge is 0.301 e. The number of anilines is 1. The highest BCUT2D eigenvalue weighted by Gasteiger charge is 2.48. The number of Topliss-reactive ketones (excluding diaryl/α,β-unsaturated/α-hetero) is 1. The van der Waals surface area contributed by atoms with Crippen LogP contribution in [0.15, 0.2) is 90.5 Å². The number of carbonyl (C=O) groups excluding carboxylic acids is 2. The molecule has 5 rings (SSSR count). The zero-order valence-corrected chi connectivity index (χ0v) is 16.5. The van der Waals surface area contributed by atoms with E-state index in [9.17, 15) is 14.7 Å². The summed E-state index contributed by atoms with van der Waals surface area (Å²) in [5.74, 6) is -1.60. The number of aliphatic hydroxyl groups is 1. The van der Waals surface area contributed by atoms with E-state index < -0.39 is 17.7 Å². The van der Waals surface area contributed by atoms with Crippen molar-refractivity contribution in [3.8, 4) is 0 Å². The molecule has 1 saturated heterocycles. The van der Waals surface area contributed by atoms with Gasteiger partial charge < -0.3 is 5.11 Å². The van der Waals surface area contributed by atoms with Gasteiger partial charge in [0.25, 0.3) is 5.78 Å². The second kappa shape index (κ2) is 7.24. The standard InChI is InChI=1S/C24H16N2O3S/c27-21(16-11-5-2-6-12-16)19-20(15-9-3-1-4-10-15)26(23(29)22(19)28)24-25-17-13-7-8-14-18(17)30-24/h1-14,20,27H/b21-19-. The molecule has 5 nitrogen and oxygen atoms in total. The molecule has 30 heavy (non-hydrogen) atoms. The van der Waals surface area contributed by atoms with Crippen LogP contribution in [0.25, 0.3) is 16.0 Å². The van der Waals surface area contributed by atoms with E-state index in [0.717, 1.165) is 15.8 Å². The highest BCUT2D eigenvalue weighted by Crippen LogP contribution is 2.44. The molecule has 1 unspecified atom stereocenters. The first-order chi connectivity index (χ1) is 14.6. The number of benzene rings is 3. The van der Waals surface area contributed by atoms with Gasteiger partial charge in [-0.15, -0.1) is 0 Å². The zero-order chi connectivity index (χ0) is 20.7. The van der Waals surface area contributed by atoms with Gasteiger partial charge in [0, 0.05) is 5.56 Å². The molecular weight excluding hydrogens is 396 g/mol. The number of ketones is 1. The topological polar surface area (TPSA) is 70.5 Å². The molecule has 0 radical (unpaired) electrons. The first-order valence-electron chi connectivity index (χ1n) is 9.42. The van der Waals surface area contributed by atoms with E-state index in [1.54, 1.807) is 24.3 Å². The number of fused-ring (bicyclic) bond motifs is 1. The molecule has 0 bridgehead atoms. The van der Waals surface area contributed by atoms with Gasteiger partial charge in [-0.25, -0.2) is 4.98 Å². The lowest BCUT2D eigenvalue weighted by atomic mass is 9.95. The molecule has 3 aromatic carbocycles. The van der Waals surface area contributed by atoms with E-state index in [4.69, 9.17) is 0 Å². The molecule has 0 spiro atoms. The van der Waals surface area contributed by atoms with Crippen LogP contribution in [0, 0.1) is 0 Å². The van der Waals surface area contributed by atoms with E-state index in [1.165, 1.54) is 16.2 Å². The molecule has 1 atom stereocenters. The molecule has 1 amide bonds. The zero-order valence-electron chi connectivity index (χ0n) is 15.7. The number of thiazole rings is 1. The fourth-order valence-electron chi connectivity index (χ4n) is 3.70. The Kier molecular flexibility index (Phi) is 4.41. The second-order valence-electron chi connectivity index (χ2n) is 6.91. The van der Waals surface area contributed by atoms with Gasteiger partial charge in [-0.2, -0.15) is 0 Å². The summed E-state index contributed by atoms with van der Waals surface area (Å²) in [6.45, 7) is 0. The van der Waals surface area contributed by atoms with Crippen LogP contribution in [-0.4, -0.2) is 21.8 Å². The van der Waals surface area contributed by atoms with Gasteiger partial charge in [0.2, 0.25) is 0 Å². The number of nitrogens with zero attached hydrogens (tertiary/aromatic N) is 2. The first kappa shape index (κ1) is 18.3. The summed E-state index contributed by atoms with van der Waals surface area (Å²) in [6.07, 6.45) is 0. The largest absolute Gasteiger partial charge is 0.507 e. The number of hydrogen-bond donors (Lipinski definition) is 1. The number of para-hydroxylation sites is 1. The number of aliphatic hydroxyl groups excluding tert-OH is 1. The summed E-state index contributed by atoms with van der Waals surface area (Å²) in [7, 11) is 0. The van der Waals surface area contributed by atoms with Crippen molar-refractivity contribution in [1.29, 1.82) is 0 Å². The Bertz CT molecular complexity index is 1260. The van der Waals surface area contributed by atoms with Crippen LogP contribution in [-0.2, 0) is 9.59 Å². The van der Waals surface area contributed by atoms with Crippen LogP contribution in [0.2, 0.25) is 0 Å². The maximum Gasteiger partial charge on any atom is 0.301 e. The van der Waals surface area contributed by atoms with Crippen LogP contribution < -0.4 is 4.90 Å².